The second-order valence-electron chi connectivity index (χ2n) is 6.92. The smallest absolute Gasteiger partial charge is 0.242 e. The second-order valence-corrected chi connectivity index (χ2v) is 9.07. The van der Waals surface area contributed by atoms with E-state index in [1.54, 1.807) is 18.2 Å². The van der Waals surface area contributed by atoms with Crippen LogP contribution in [0.4, 0.5) is 5.69 Å². The third kappa shape index (κ3) is 5.39. The number of aromatic nitrogens is 2. The lowest BCUT2D eigenvalue weighted by atomic mass is 10.1. The molecule has 1 aromatic heterocycles. The normalized spacial score (nSPS) is 11.3. The Bertz CT molecular complexity index is 1170. The lowest BCUT2D eigenvalue weighted by molar-refractivity contribution is -0.117. The summed E-state index contributed by atoms with van der Waals surface area (Å²) in [6, 6.07) is 16.9. The third-order valence-electron chi connectivity index (χ3n) is 4.52. The van der Waals surface area contributed by atoms with Crippen molar-refractivity contribution in [1.29, 1.82) is 0 Å². The van der Waals surface area contributed by atoms with E-state index in [4.69, 9.17) is 0 Å². The Morgan fingerprint density at radius 2 is 1.58 bits per heavy atom. The second kappa shape index (κ2) is 9.59. The van der Waals surface area contributed by atoms with Crippen LogP contribution in [0.1, 0.15) is 22.6 Å². The van der Waals surface area contributed by atoms with Crippen molar-refractivity contribution in [2.24, 2.45) is 0 Å². The lowest BCUT2D eigenvalue weighted by Crippen LogP contribution is -2.32. The van der Waals surface area contributed by atoms with Crippen LogP contribution in [0.25, 0.3) is 0 Å². The Labute approximate surface area is 181 Å². The van der Waals surface area contributed by atoms with Crippen LogP contribution in [-0.4, -0.2) is 48.5 Å². The Kier molecular flexibility index (Phi) is 6.88. The van der Waals surface area contributed by atoms with Gasteiger partial charge in [0.2, 0.25) is 21.7 Å². The molecule has 8 nitrogen and oxygen atoms in total. The number of Topliss-reactive ketones (excluding diaryl/α,β-unsaturated/α-hetero) is 1. The summed E-state index contributed by atoms with van der Waals surface area (Å²) in [5.41, 5.74) is 1.21. The van der Waals surface area contributed by atoms with Gasteiger partial charge < -0.3 is 4.90 Å². The molecule has 0 bridgehead atoms. The lowest BCUT2D eigenvalue weighted by Gasteiger charge is -2.24. The fourth-order valence-electron chi connectivity index (χ4n) is 2.87. The molecule has 0 aliphatic carbocycles. The molecular formula is C22H22N4O4S. The number of hydrogen-bond donors (Lipinski definition) is 0. The molecule has 3 aromatic rings. The van der Waals surface area contributed by atoms with Crippen LogP contribution in [0.3, 0.4) is 0 Å². The fraction of sp³-hybridized carbons (Fsp3) is 0.182. The van der Waals surface area contributed by atoms with Crippen LogP contribution in [-0.2, 0) is 21.4 Å². The van der Waals surface area contributed by atoms with Gasteiger partial charge in [-0.05, 0) is 29.8 Å². The van der Waals surface area contributed by atoms with Crippen LogP contribution in [0.15, 0.2) is 78.0 Å². The summed E-state index contributed by atoms with van der Waals surface area (Å²) < 4.78 is 26.2. The molecule has 0 unspecified atom stereocenters. The van der Waals surface area contributed by atoms with Crippen LogP contribution < -0.4 is 4.90 Å². The van der Waals surface area contributed by atoms with Gasteiger partial charge in [-0.1, -0.05) is 36.4 Å². The molecule has 31 heavy (non-hydrogen) atoms. The number of rotatable bonds is 8. The van der Waals surface area contributed by atoms with E-state index in [2.05, 4.69) is 9.97 Å². The molecule has 0 saturated heterocycles. The molecule has 1 heterocycles. The first-order valence-electron chi connectivity index (χ1n) is 9.46. The Balaban J connectivity index is 1.95. The average Bonchev–Trinajstić information content (AvgIpc) is 2.78. The van der Waals surface area contributed by atoms with Crippen molar-refractivity contribution in [2.45, 2.75) is 17.9 Å². The van der Waals surface area contributed by atoms with Crippen LogP contribution in [0.5, 0.6) is 0 Å². The van der Waals surface area contributed by atoms with Gasteiger partial charge >= 0.3 is 0 Å². The molecule has 0 aliphatic rings. The number of benzene rings is 2. The van der Waals surface area contributed by atoms with Crippen molar-refractivity contribution >= 4 is 27.4 Å². The molecule has 0 saturated carbocycles. The van der Waals surface area contributed by atoms with Crippen molar-refractivity contribution in [3.63, 3.8) is 0 Å². The standard InChI is InChI=1S/C22H22N4O4S/c1-25(2)31(29,30)19-11-6-10-18(14-19)26(16-17-8-4-3-5-9-17)21(28)15-20(27)22-23-12-7-13-24-22/h3-14H,15-16H2,1-2H3. The highest BCUT2D eigenvalue weighted by Crippen LogP contribution is 2.24. The molecule has 1 amide bonds. The van der Waals surface area contributed by atoms with E-state index in [-0.39, 0.29) is 17.3 Å². The van der Waals surface area contributed by atoms with Gasteiger partial charge in [-0.15, -0.1) is 0 Å². The number of hydrogen-bond acceptors (Lipinski definition) is 6. The highest BCUT2D eigenvalue weighted by Gasteiger charge is 2.24. The Hall–Kier alpha value is -3.43. The zero-order valence-electron chi connectivity index (χ0n) is 17.2. The molecule has 0 atom stereocenters. The van der Waals surface area contributed by atoms with Gasteiger partial charge in [0.25, 0.3) is 0 Å². The first-order valence-corrected chi connectivity index (χ1v) is 10.9. The van der Waals surface area contributed by atoms with Gasteiger partial charge in [0.1, 0.15) is 0 Å². The summed E-state index contributed by atoms with van der Waals surface area (Å²) in [6.45, 7) is 0.175. The van der Waals surface area contributed by atoms with Gasteiger partial charge in [0.15, 0.2) is 5.82 Å². The number of nitrogens with zero attached hydrogens (tertiary/aromatic N) is 4. The quantitative estimate of drug-likeness (QED) is 0.396. The predicted octanol–water partition coefficient (Wildman–Crippen LogP) is 2.53. The maximum Gasteiger partial charge on any atom is 0.242 e. The molecule has 9 heteroatoms. The van der Waals surface area contributed by atoms with Crippen molar-refractivity contribution in [3.05, 3.63) is 84.4 Å². The van der Waals surface area contributed by atoms with Gasteiger partial charge in [-0.2, -0.15) is 0 Å². The summed E-state index contributed by atoms with van der Waals surface area (Å²) in [4.78, 5) is 34.8. The van der Waals surface area contributed by atoms with E-state index in [0.717, 1.165) is 9.87 Å². The molecule has 0 aliphatic heterocycles. The molecule has 160 valence electrons. The first-order chi connectivity index (χ1) is 14.8. The maximum absolute atomic E-state index is 13.1. The van der Waals surface area contributed by atoms with Gasteiger partial charge in [-0.3, -0.25) is 9.59 Å². The van der Waals surface area contributed by atoms with E-state index in [1.807, 2.05) is 30.3 Å². The van der Waals surface area contributed by atoms with E-state index in [1.165, 1.54) is 43.5 Å². The number of anilines is 1. The number of carbonyl (C=O) groups is 2. The number of sulfonamides is 1. The average molecular weight is 439 g/mol. The van der Waals surface area contributed by atoms with E-state index in [0.29, 0.717) is 5.69 Å². The largest absolute Gasteiger partial charge is 0.308 e. The molecule has 2 aromatic carbocycles. The minimum Gasteiger partial charge on any atom is -0.308 e. The molecule has 0 spiro atoms. The highest BCUT2D eigenvalue weighted by atomic mass is 32.2. The monoisotopic (exact) mass is 438 g/mol. The summed E-state index contributed by atoms with van der Waals surface area (Å²) in [6.07, 6.45) is 2.42. The minimum absolute atomic E-state index is 0.0422. The third-order valence-corrected chi connectivity index (χ3v) is 6.33. The molecule has 3 rings (SSSR count). The Morgan fingerprint density at radius 1 is 0.903 bits per heavy atom. The van der Waals surface area contributed by atoms with Crippen LogP contribution in [0, 0.1) is 0 Å². The zero-order chi connectivity index (χ0) is 22.4. The number of ketones is 1. The number of amides is 1. The molecule has 0 fully saturated rings. The van der Waals surface area contributed by atoms with Gasteiger partial charge in [-0.25, -0.2) is 22.7 Å². The molecular weight excluding hydrogens is 416 g/mol. The van der Waals surface area contributed by atoms with Crippen molar-refractivity contribution in [1.82, 2.24) is 14.3 Å². The summed E-state index contributed by atoms with van der Waals surface area (Å²) >= 11 is 0. The summed E-state index contributed by atoms with van der Waals surface area (Å²) in [5.74, 6) is -1.04. The van der Waals surface area contributed by atoms with Crippen molar-refractivity contribution < 1.29 is 18.0 Å². The maximum atomic E-state index is 13.1. The molecule has 0 N–H and O–H groups in total. The van der Waals surface area contributed by atoms with Gasteiger partial charge in [0.05, 0.1) is 17.9 Å². The van der Waals surface area contributed by atoms with Crippen LogP contribution >= 0.6 is 0 Å². The topological polar surface area (TPSA) is 101 Å². The van der Waals surface area contributed by atoms with E-state index < -0.39 is 28.1 Å². The van der Waals surface area contributed by atoms with Crippen molar-refractivity contribution in [2.75, 3.05) is 19.0 Å². The van der Waals surface area contributed by atoms with Gasteiger partial charge in [0, 0.05) is 32.2 Å². The summed E-state index contributed by atoms with van der Waals surface area (Å²) in [5, 5.41) is 0. The van der Waals surface area contributed by atoms with Crippen molar-refractivity contribution in [3.8, 4) is 0 Å². The SMILES string of the molecule is CN(C)S(=O)(=O)c1cccc(N(Cc2ccccc2)C(=O)CC(=O)c2ncccn2)c1. The zero-order valence-corrected chi connectivity index (χ0v) is 18.0. The number of carbonyl (C=O) groups excluding carboxylic acids is 2. The van der Waals surface area contributed by atoms with Crippen LogP contribution in [0.2, 0.25) is 0 Å². The van der Waals surface area contributed by atoms with E-state index in [9.17, 15) is 18.0 Å². The summed E-state index contributed by atoms with van der Waals surface area (Å²) in [7, 11) is -0.813. The van der Waals surface area contributed by atoms with E-state index >= 15 is 0 Å². The predicted molar refractivity (Wildman–Crippen MR) is 116 cm³/mol. The fourth-order valence-corrected chi connectivity index (χ4v) is 3.81. The molecule has 0 radical (unpaired) electrons. The first kappa shape index (κ1) is 22.3. The highest BCUT2D eigenvalue weighted by molar-refractivity contribution is 7.89. The Morgan fingerprint density at radius 3 is 2.23 bits per heavy atom. The minimum atomic E-state index is -3.69.